The van der Waals surface area contributed by atoms with Crippen molar-refractivity contribution in [3.05, 3.63) is 71.4 Å². The second-order valence-electron chi connectivity index (χ2n) is 8.43. The highest BCUT2D eigenvalue weighted by molar-refractivity contribution is 6.16. The Bertz CT molecular complexity index is 1390. The summed E-state index contributed by atoms with van der Waals surface area (Å²) >= 11 is 0. The van der Waals surface area contributed by atoms with Gasteiger partial charge in [0.05, 0.1) is 23.3 Å². The predicted molar refractivity (Wildman–Crippen MR) is 127 cm³/mol. The Kier molecular flexibility index (Phi) is 5.11. The number of carbonyl (C=O) groups is 1. The van der Waals surface area contributed by atoms with Crippen molar-refractivity contribution >= 4 is 28.4 Å². The number of aromatic nitrogens is 4. The molecule has 4 N–H and O–H groups in total. The highest BCUT2D eigenvalue weighted by atomic mass is 16.5. The Morgan fingerprint density at radius 3 is 2.70 bits per heavy atom. The minimum absolute atomic E-state index is 0.168. The molecular weight excluding hydrogens is 416 g/mol. The van der Waals surface area contributed by atoms with Crippen molar-refractivity contribution in [1.82, 2.24) is 19.5 Å². The Morgan fingerprint density at radius 1 is 1.24 bits per heavy atom. The van der Waals surface area contributed by atoms with Crippen LogP contribution in [0.5, 0.6) is 0 Å². The smallest absolute Gasteiger partial charge is 0.259 e. The van der Waals surface area contributed by atoms with Gasteiger partial charge in [0, 0.05) is 24.5 Å². The van der Waals surface area contributed by atoms with E-state index in [9.17, 15) is 4.79 Å². The topological polar surface area (TPSA) is 111 Å². The number of benzene rings is 1. The van der Waals surface area contributed by atoms with Crippen LogP contribution in [-0.4, -0.2) is 32.5 Å². The summed E-state index contributed by atoms with van der Waals surface area (Å²) in [7, 11) is 1.65. The molecular formula is C25H24N6O2. The van der Waals surface area contributed by atoms with E-state index in [2.05, 4.69) is 39.0 Å². The molecule has 8 nitrogen and oxygen atoms in total. The first-order valence-electron chi connectivity index (χ1n) is 10.7. The highest BCUT2D eigenvalue weighted by Gasteiger charge is 2.43. The van der Waals surface area contributed by atoms with E-state index >= 15 is 0 Å². The van der Waals surface area contributed by atoms with E-state index in [0.717, 1.165) is 24.1 Å². The van der Waals surface area contributed by atoms with Crippen LogP contribution in [0.25, 0.3) is 11.0 Å². The molecule has 8 heteroatoms. The van der Waals surface area contributed by atoms with Gasteiger partial charge in [-0.2, -0.15) is 0 Å². The van der Waals surface area contributed by atoms with Gasteiger partial charge in [-0.25, -0.2) is 9.97 Å². The zero-order valence-electron chi connectivity index (χ0n) is 18.5. The first-order valence-corrected chi connectivity index (χ1v) is 10.7. The molecule has 0 radical (unpaired) electrons. The van der Waals surface area contributed by atoms with Gasteiger partial charge in [-0.05, 0) is 61.4 Å². The first kappa shape index (κ1) is 20.8. The maximum Gasteiger partial charge on any atom is 0.259 e. The molecule has 1 aliphatic carbocycles. The van der Waals surface area contributed by atoms with E-state index < -0.39 is 0 Å². The van der Waals surface area contributed by atoms with Crippen LogP contribution in [0.1, 0.15) is 47.1 Å². The van der Waals surface area contributed by atoms with E-state index in [1.54, 1.807) is 7.11 Å². The fraction of sp³-hybridized carbons (Fsp3) is 0.240. The molecule has 0 bridgehead atoms. The average Bonchev–Trinajstić information content (AvgIpc) is 3.21. The van der Waals surface area contributed by atoms with Crippen LogP contribution in [0.15, 0.2) is 48.9 Å². The van der Waals surface area contributed by atoms with Gasteiger partial charge in [-0.15, -0.1) is 0 Å². The molecule has 4 aromatic rings. The molecule has 33 heavy (non-hydrogen) atoms. The standard InChI is InChI=1S/C25H24N6O2/c1-25(11-12-25)31-19(10-9-17-4-3-13-27-17)20(21-22(26)28-15-29-23(21)31)24(32)30-18-7-5-16(6-8-18)14-33-2/h3-8,13,15,27H,11-12,14H2,1-2H3,(H,30,32)(H2,26,28,29). The van der Waals surface area contributed by atoms with Gasteiger partial charge in [-0.3, -0.25) is 4.79 Å². The van der Waals surface area contributed by atoms with Gasteiger partial charge < -0.3 is 25.3 Å². The quantitative estimate of drug-likeness (QED) is 0.410. The molecule has 0 atom stereocenters. The molecule has 1 saturated carbocycles. The van der Waals surface area contributed by atoms with Gasteiger partial charge in [0.25, 0.3) is 5.91 Å². The Balaban J connectivity index is 1.65. The molecule has 3 heterocycles. The fourth-order valence-electron chi connectivity index (χ4n) is 3.98. The number of nitrogens with zero attached hydrogens (tertiary/aromatic N) is 3. The Labute approximate surface area is 191 Å². The number of rotatable bonds is 5. The second-order valence-corrected chi connectivity index (χ2v) is 8.43. The fourth-order valence-corrected chi connectivity index (χ4v) is 3.98. The van der Waals surface area contributed by atoms with E-state index in [4.69, 9.17) is 10.5 Å². The molecule has 5 rings (SSSR count). The van der Waals surface area contributed by atoms with Crippen LogP contribution >= 0.6 is 0 Å². The number of amides is 1. The lowest BCUT2D eigenvalue weighted by molar-refractivity contribution is 0.102. The molecule has 1 aromatic carbocycles. The molecule has 1 fully saturated rings. The molecule has 0 aliphatic heterocycles. The van der Waals surface area contributed by atoms with Crippen molar-refractivity contribution in [3.8, 4) is 11.8 Å². The van der Waals surface area contributed by atoms with Gasteiger partial charge in [0.1, 0.15) is 23.5 Å². The maximum atomic E-state index is 13.6. The molecule has 0 spiro atoms. The number of carbonyl (C=O) groups excluding carboxylic acids is 1. The van der Waals surface area contributed by atoms with Crippen LogP contribution < -0.4 is 11.1 Å². The van der Waals surface area contributed by atoms with Crippen molar-refractivity contribution in [2.75, 3.05) is 18.2 Å². The largest absolute Gasteiger partial charge is 0.383 e. The summed E-state index contributed by atoms with van der Waals surface area (Å²) in [5.74, 6) is 6.30. The summed E-state index contributed by atoms with van der Waals surface area (Å²) in [6, 6.07) is 11.3. The number of H-pyrrole nitrogens is 1. The van der Waals surface area contributed by atoms with Crippen LogP contribution in [-0.2, 0) is 16.9 Å². The monoisotopic (exact) mass is 440 g/mol. The van der Waals surface area contributed by atoms with Crippen molar-refractivity contribution in [3.63, 3.8) is 0 Å². The number of hydrogen-bond donors (Lipinski definition) is 3. The number of fused-ring (bicyclic) bond motifs is 1. The van der Waals surface area contributed by atoms with Crippen molar-refractivity contribution in [1.29, 1.82) is 0 Å². The molecule has 3 aromatic heterocycles. The molecule has 1 aliphatic rings. The van der Waals surface area contributed by atoms with Crippen molar-refractivity contribution < 1.29 is 9.53 Å². The number of methoxy groups -OCH3 is 1. The molecule has 0 unspecified atom stereocenters. The lowest BCUT2D eigenvalue weighted by atomic mass is 10.1. The summed E-state index contributed by atoms with van der Waals surface area (Å²) in [5.41, 5.74) is 10.1. The van der Waals surface area contributed by atoms with Crippen molar-refractivity contribution in [2.24, 2.45) is 0 Å². The zero-order chi connectivity index (χ0) is 23.0. The maximum absolute atomic E-state index is 13.6. The molecule has 1 amide bonds. The number of nitrogen functional groups attached to an aromatic ring is 1. The predicted octanol–water partition coefficient (Wildman–Crippen LogP) is 3.65. The zero-order valence-corrected chi connectivity index (χ0v) is 18.5. The second kappa shape index (κ2) is 8.11. The third-order valence-electron chi connectivity index (χ3n) is 5.96. The number of anilines is 2. The number of nitrogens with one attached hydrogen (secondary N) is 2. The molecule has 0 saturated heterocycles. The van der Waals surface area contributed by atoms with Crippen LogP contribution in [0.3, 0.4) is 0 Å². The number of ether oxygens (including phenoxy) is 1. The Hall–Kier alpha value is -4.09. The lowest BCUT2D eigenvalue weighted by Gasteiger charge is -2.14. The normalized spacial score (nSPS) is 14.0. The van der Waals surface area contributed by atoms with Crippen LogP contribution in [0, 0.1) is 11.8 Å². The van der Waals surface area contributed by atoms with Crippen LogP contribution in [0.2, 0.25) is 0 Å². The lowest BCUT2D eigenvalue weighted by Crippen LogP contribution is -2.18. The summed E-state index contributed by atoms with van der Waals surface area (Å²) in [6.45, 7) is 2.65. The van der Waals surface area contributed by atoms with Gasteiger partial charge in [-0.1, -0.05) is 12.1 Å². The van der Waals surface area contributed by atoms with Crippen molar-refractivity contribution in [2.45, 2.75) is 31.9 Å². The van der Waals surface area contributed by atoms with E-state index in [-0.39, 0.29) is 17.3 Å². The third-order valence-corrected chi connectivity index (χ3v) is 5.96. The minimum Gasteiger partial charge on any atom is -0.383 e. The number of nitrogens with two attached hydrogens (primary N) is 1. The summed E-state index contributed by atoms with van der Waals surface area (Å²) < 4.78 is 7.21. The van der Waals surface area contributed by atoms with Gasteiger partial charge in [0.2, 0.25) is 0 Å². The van der Waals surface area contributed by atoms with Crippen LogP contribution in [0.4, 0.5) is 11.5 Å². The molecule has 166 valence electrons. The van der Waals surface area contributed by atoms with Gasteiger partial charge in [0.15, 0.2) is 0 Å². The third kappa shape index (κ3) is 3.83. The summed E-state index contributed by atoms with van der Waals surface area (Å²) in [6.07, 6.45) is 5.18. The van der Waals surface area contributed by atoms with E-state index in [1.807, 2.05) is 47.2 Å². The summed E-state index contributed by atoms with van der Waals surface area (Å²) in [5, 5.41) is 3.51. The number of hydrogen-bond acceptors (Lipinski definition) is 5. The minimum atomic E-state index is -0.306. The number of aromatic amines is 1. The Morgan fingerprint density at radius 2 is 2.03 bits per heavy atom. The summed E-state index contributed by atoms with van der Waals surface area (Å²) in [4.78, 5) is 25.3. The highest BCUT2D eigenvalue weighted by Crippen LogP contribution is 2.47. The SMILES string of the molecule is COCc1ccc(NC(=O)c2c(C#Cc3ccc[nH]3)n(C3(C)CC3)c3ncnc(N)c23)cc1. The van der Waals surface area contributed by atoms with E-state index in [0.29, 0.717) is 34.6 Å². The first-order chi connectivity index (χ1) is 16.0. The van der Waals surface area contributed by atoms with E-state index in [1.165, 1.54) is 6.33 Å². The van der Waals surface area contributed by atoms with Gasteiger partial charge >= 0.3 is 0 Å². The average molecular weight is 441 g/mol.